The first kappa shape index (κ1) is 16.3. The number of rotatable bonds is 4. The lowest BCUT2D eigenvalue weighted by molar-refractivity contribution is 0.208. The minimum atomic E-state index is -0.0143. The number of hydrogen-bond acceptors (Lipinski definition) is 3. The van der Waals surface area contributed by atoms with Crippen LogP contribution in [-0.4, -0.2) is 38.8 Å². The van der Waals surface area contributed by atoms with Crippen molar-refractivity contribution in [2.45, 2.75) is 18.9 Å². The van der Waals surface area contributed by atoms with E-state index in [-0.39, 0.29) is 6.03 Å². The highest BCUT2D eigenvalue weighted by molar-refractivity contribution is 5.74. The summed E-state index contributed by atoms with van der Waals surface area (Å²) < 4.78 is 1.70. The molecule has 1 aliphatic heterocycles. The summed E-state index contributed by atoms with van der Waals surface area (Å²) >= 11 is 0. The lowest BCUT2D eigenvalue weighted by Gasteiger charge is -2.17. The van der Waals surface area contributed by atoms with Gasteiger partial charge >= 0.3 is 6.03 Å². The lowest BCUT2D eigenvalue weighted by atomic mass is 9.99. The van der Waals surface area contributed by atoms with E-state index in [0.29, 0.717) is 12.5 Å². The monoisotopic (exact) mass is 347 g/mol. The van der Waals surface area contributed by atoms with Crippen LogP contribution in [0.25, 0.3) is 5.82 Å². The Morgan fingerprint density at radius 3 is 2.77 bits per heavy atom. The van der Waals surface area contributed by atoms with Crippen LogP contribution in [0.3, 0.4) is 0 Å². The molecular weight excluding hydrogens is 326 g/mol. The van der Waals surface area contributed by atoms with Gasteiger partial charge in [-0.1, -0.05) is 36.4 Å². The molecule has 0 saturated carbocycles. The van der Waals surface area contributed by atoms with E-state index >= 15 is 0 Å². The molecule has 1 aromatic carbocycles. The van der Waals surface area contributed by atoms with E-state index in [1.54, 1.807) is 17.1 Å². The number of hydrogen-bond donors (Lipinski definition) is 1. The average Bonchev–Trinajstić information content (AvgIpc) is 3.39. The fourth-order valence-corrected chi connectivity index (χ4v) is 3.29. The first-order valence-electron chi connectivity index (χ1n) is 8.82. The van der Waals surface area contributed by atoms with Crippen molar-refractivity contribution in [2.75, 3.05) is 13.1 Å². The van der Waals surface area contributed by atoms with Crippen molar-refractivity contribution in [3.63, 3.8) is 0 Å². The number of nitrogens with one attached hydrogen (secondary N) is 1. The van der Waals surface area contributed by atoms with Gasteiger partial charge in [-0.15, -0.1) is 0 Å². The van der Waals surface area contributed by atoms with Crippen LogP contribution in [0.2, 0.25) is 0 Å². The van der Waals surface area contributed by atoms with Crippen LogP contribution in [-0.2, 0) is 6.54 Å². The fourth-order valence-electron chi connectivity index (χ4n) is 3.29. The van der Waals surface area contributed by atoms with Crippen LogP contribution in [0.5, 0.6) is 0 Å². The summed E-state index contributed by atoms with van der Waals surface area (Å²) in [6.07, 6.45) is 6.35. The molecule has 0 spiro atoms. The topological polar surface area (TPSA) is 63.1 Å². The van der Waals surface area contributed by atoms with Crippen LogP contribution in [0.4, 0.5) is 4.79 Å². The molecule has 1 saturated heterocycles. The summed E-state index contributed by atoms with van der Waals surface area (Å²) in [4.78, 5) is 18.7. The Bertz CT molecular complexity index is 846. The second kappa shape index (κ2) is 7.39. The molecule has 2 aromatic heterocycles. The Hall–Kier alpha value is -3.15. The standard InChI is InChI=1S/C20H21N5O/c26-20(24-12-9-18(15-24)17-5-2-1-3-6-17)22-14-16-7-8-19(21-13-16)25-11-4-10-23-25/h1-8,10-11,13,18H,9,12,14-15H2,(H,22,26)/t18-/m1/s1. The number of pyridine rings is 1. The van der Waals surface area contributed by atoms with Crippen molar-refractivity contribution in [1.82, 2.24) is 25.0 Å². The Balaban J connectivity index is 1.30. The SMILES string of the molecule is O=C(NCc1ccc(-n2cccn2)nc1)N1CC[C@@H](c2ccccc2)C1. The van der Waals surface area contributed by atoms with E-state index in [1.165, 1.54) is 5.56 Å². The summed E-state index contributed by atoms with van der Waals surface area (Å²) in [5, 5.41) is 7.14. The summed E-state index contributed by atoms with van der Waals surface area (Å²) in [6, 6.07) is 16.1. The highest BCUT2D eigenvalue weighted by Crippen LogP contribution is 2.26. The van der Waals surface area contributed by atoms with E-state index in [4.69, 9.17) is 0 Å². The molecule has 1 N–H and O–H groups in total. The molecule has 0 bridgehead atoms. The highest BCUT2D eigenvalue weighted by atomic mass is 16.2. The van der Waals surface area contributed by atoms with Gasteiger partial charge in [0, 0.05) is 44.1 Å². The minimum absolute atomic E-state index is 0.0143. The van der Waals surface area contributed by atoms with Crippen LogP contribution in [0, 0.1) is 0 Å². The van der Waals surface area contributed by atoms with Gasteiger partial charge in [-0.05, 0) is 29.7 Å². The molecule has 1 atom stereocenters. The summed E-state index contributed by atoms with van der Waals surface area (Å²) in [5.74, 6) is 1.19. The molecule has 0 unspecified atom stereocenters. The number of benzene rings is 1. The molecule has 4 rings (SSSR count). The molecule has 0 radical (unpaired) electrons. The predicted molar refractivity (Wildman–Crippen MR) is 99.0 cm³/mol. The first-order valence-corrected chi connectivity index (χ1v) is 8.82. The number of aromatic nitrogens is 3. The van der Waals surface area contributed by atoms with Gasteiger partial charge in [0.1, 0.15) is 0 Å². The van der Waals surface area contributed by atoms with Crippen LogP contribution >= 0.6 is 0 Å². The summed E-state index contributed by atoms with van der Waals surface area (Å²) in [6.45, 7) is 2.03. The Morgan fingerprint density at radius 2 is 2.04 bits per heavy atom. The molecule has 6 nitrogen and oxygen atoms in total. The maximum atomic E-state index is 12.4. The fraction of sp³-hybridized carbons (Fsp3) is 0.250. The van der Waals surface area contributed by atoms with E-state index < -0.39 is 0 Å². The summed E-state index contributed by atoms with van der Waals surface area (Å²) in [5.41, 5.74) is 2.27. The lowest BCUT2D eigenvalue weighted by Crippen LogP contribution is -2.38. The maximum Gasteiger partial charge on any atom is 0.317 e. The first-order chi connectivity index (χ1) is 12.8. The second-order valence-corrected chi connectivity index (χ2v) is 6.48. The number of carbonyl (C=O) groups is 1. The average molecular weight is 347 g/mol. The zero-order valence-electron chi connectivity index (χ0n) is 14.5. The Kier molecular flexibility index (Phi) is 4.64. The van der Waals surface area contributed by atoms with Gasteiger partial charge in [-0.3, -0.25) is 0 Å². The number of carbonyl (C=O) groups excluding carboxylic acids is 1. The smallest absolute Gasteiger partial charge is 0.317 e. The molecule has 1 aliphatic rings. The number of likely N-dealkylation sites (tertiary alicyclic amines) is 1. The third-order valence-corrected chi connectivity index (χ3v) is 4.74. The van der Waals surface area contributed by atoms with Crippen molar-refractivity contribution >= 4 is 6.03 Å². The zero-order valence-corrected chi connectivity index (χ0v) is 14.5. The maximum absolute atomic E-state index is 12.4. The van der Waals surface area contributed by atoms with Crippen molar-refractivity contribution < 1.29 is 4.79 Å². The molecule has 2 amide bonds. The normalized spacial score (nSPS) is 16.6. The number of nitrogens with zero attached hydrogens (tertiary/aromatic N) is 4. The Morgan fingerprint density at radius 1 is 1.15 bits per heavy atom. The minimum Gasteiger partial charge on any atom is -0.334 e. The van der Waals surface area contributed by atoms with E-state index in [2.05, 4.69) is 39.7 Å². The molecule has 1 fully saturated rings. The van der Waals surface area contributed by atoms with Crippen LogP contribution in [0.15, 0.2) is 67.1 Å². The van der Waals surface area contributed by atoms with Gasteiger partial charge < -0.3 is 10.2 Å². The molecule has 3 aromatic rings. The predicted octanol–water partition coefficient (Wildman–Crippen LogP) is 2.97. The number of urea groups is 1. The second-order valence-electron chi connectivity index (χ2n) is 6.48. The third-order valence-electron chi connectivity index (χ3n) is 4.74. The zero-order chi connectivity index (χ0) is 17.8. The van der Waals surface area contributed by atoms with Crippen molar-refractivity contribution in [2.24, 2.45) is 0 Å². The summed E-state index contributed by atoms with van der Waals surface area (Å²) in [7, 11) is 0. The van der Waals surface area contributed by atoms with Crippen molar-refractivity contribution in [1.29, 1.82) is 0 Å². The molecule has 132 valence electrons. The molecule has 6 heteroatoms. The van der Waals surface area contributed by atoms with Crippen LogP contribution in [0.1, 0.15) is 23.5 Å². The number of amides is 2. The van der Waals surface area contributed by atoms with Gasteiger partial charge in [0.15, 0.2) is 5.82 Å². The Labute approximate surface area is 152 Å². The van der Waals surface area contributed by atoms with E-state index in [0.717, 1.165) is 30.9 Å². The van der Waals surface area contributed by atoms with Gasteiger partial charge in [-0.25, -0.2) is 14.5 Å². The van der Waals surface area contributed by atoms with E-state index in [1.807, 2.05) is 35.4 Å². The van der Waals surface area contributed by atoms with Crippen LogP contribution < -0.4 is 5.32 Å². The molecule has 3 heterocycles. The van der Waals surface area contributed by atoms with Gasteiger partial charge in [0.25, 0.3) is 0 Å². The molecule has 26 heavy (non-hydrogen) atoms. The van der Waals surface area contributed by atoms with Gasteiger partial charge in [-0.2, -0.15) is 5.10 Å². The molecular formula is C20H21N5O. The van der Waals surface area contributed by atoms with E-state index in [9.17, 15) is 4.79 Å². The van der Waals surface area contributed by atoms with Crippen molar-refractivity contribution in [3.05, 3.63) is 78.2 Å². The third kappa shape index (κ3) is 3.59. The quantitative estimate of drug-likeness (QED) is 0.789. The molecule has 0 aliphatic carbocycles. The van der Waals surface area contributed by atoms with Gasteiger partial charge in [0.2, 0.25) is 0 Å². The largest absolute Gasteiger partial charge is 0.334 e. The van der Waals surface area contributed by atoms with Crippen molar-refractivity contribution in [3.8, 4) is 5.82 Å². The highest BCUT2D eigenvalue weighted by Gasteiger charge is 2.26. The van der Waals surface area contributed by atoms with Gasteiger partial charge in [0.05, 0.1) is 0 Å².